The molecule has 1 fully saturated rings. The molecule has 2 N–H and O–H groups in total. The van der Waals surface area contributed by atoms with Crippen molar-refractivity contribution in [3.8, 4) is 0 Å². The first-order valence-electron chi connectivity index (χ1n) is 12.7. The molecule has 1 heterocycles. The minimum absolute atomic E-state index is 0.104. The van der Waals surface area contributed by atoms with Crippen molar-refractivity contribution in [3.05, 3.63) is 59.7 Å². The molecule has 4 nitrogen and oxygen atoms in total. The van der Waals surface area contributed by atoms with Crippen LogP contribution in [0.5, 0.6) is 0 Å². The van der Waals surface area contributed by atoms with Crippen LogP contribution in [-0.4, -0.2) is 38.9 Å². The van der Waals surface area contributed by atoms with Crippen molar-refractivity contribution in [2.75, 3.05) is 38.0 Å². The lowest BCUT2D eigenvalue weighted by atomic mass is 9.64. The van der Waals surface area contributed by atoms with Crippen molar-refractivity contribution in [2.24, 2.45) is 11.8 Å². The van der Waals surface area contributed by atoms with E-state index in [1.807, 2.05) is 0 Å². The van der Waals surface area contributed by atoms with Gasteiger partial charge in [-0.15, -0.1) is 0 Å². The minimum atomic E-state index is -0.714. The molecule has 33 heavy (non-hydrogen) atoms. The number of unbranched alkanes of at least 4 members (excludes halogenated alkanes) is 3. The van der Waals surface area contributed by atoms with Crippen molar-refractivity contribution in [3.63, 3.8) is 0 Å². The van der Waals surface area contributed by atoms with E-state index in [9.17, 15) is 5.11 Å². The third-order valence-electron chi connectivity index (χ3n) is 7.90. The quantitative estimate of drug-likeness (QED) is 0.447. The van der Waals surface area contributed by atoms with Gasteiger partial charge in [0.2, 0.25) is 0 Å². The molecule has 0 spiro atoms. The van der Waals surface area contributed by atoms with Gasteiger partial charge < -0.3 is 20.2 Å². The molecule has 0 radical (unpaired) electrons. The van der Waals surface area contributed by atoms with Crippen LogP contribution in [0, 0.1) is 11.8 Å². The average Bonchev–Trinajstić information content (AvgIpc) is 2.81. The van der Waals surface area contributed by atoms with Gasteiger partial charge in [-0.1, -0.05) is 70.7 Å². The highest BCUT2D eigenvalue weighted by molar-refractivity contribution is 5.48. The summed E-state index contributed by atoms with van der Waals surface area (Å²) in [5.41, 5.74) is 4.18. The van der Waals surface area contributed by atoms with Gasteiger partial charge in [0.25, 0.3) is 0 Å². The van der Waals surface area contributed by atoms with E-state index in [1.54, 1.807) is 0 Å². The topological polar surface area (TPSA) is 38.7 Å². The monoisotopic (exact) mass is 451 g/mol. The Kier molecular flexibility index (Phi) is 8.47. The number of nitrogens with zero attached hydrogens (tertiary/aromatic N) is 2. The van der Waals surface area contributed by atoms with Crippen molar-refractivity contribution >= 4 is 11.4 Å². The fourth-order valence-electron chi connectivity index (χ4n) is 5.49. The summed E-state index contributed by atoms with van der Waals surface area (Å²) in [5, 5.41) is 16.2. The number of rotatable bonds is 9. The van der Waals surface area contributed by atoms with E-state index in [2.05, 4.69) is 113 Å². The fraction of sp³-hybridized carbons (Fsp3) is 0.586. The molecule has 0 bridgehead atoms. The second kappa shape index (κ2) is 10.9. The number of hydrogen-bond acceptors (Lipinski definition) is 4. The zero-order valence-electron chi connectivity index (χ0n) is 21.8. The smallest absolute Gasteiger partial charge is 0.0734 e. The summed E-state index contributed by atoms with van der Waals surface area (Å²) in [6, 6.07) is 17.8. The van der Waals surface area contributed by atoms with Crippen molar-refractivity contribution in [2.45, 2.75) is 70.6 Å². The zero-order valence-corrected chi connectivity index (χ0v) is 21.8. The molecule has 2 aromatic carbocycles. The predicted molar refractivity (Wildman–Crippen MR) is 142 cm³/mol. The molecule has 4 atom stereocenters. The summed E-state index contributed by atoms with van der Waals surface area (Å²) in [5.74, 6) is 0.244. The first kappa shape index (κ1) is 25.6. The van der Waals surface area contributed by atoms with Gasteiger partial charge >= 0.3 is 0 Å². The SMILES string of the molecule is CCCCCCC1(O)C(C)C(c2ccc(N(C)C)cc2)NC(c2ccc(N(C)C)cc2)C1C. The van der Waals surface area contributed by atoms with Crippen LogP contribution in [0.4, 0.5) is 11.4 Å². The largest absolute Gasteiger partial charge is 0.389 e. The second-order valence-electron chi connectivity index (χ2n) is 10.5. The molecule has 0 aromatic heterocycles. The molecule has 0 amide bonds. The van der Waals surface area contributed by atoms with Gasteiger partial charge in [0.15, 0.2) is 0 Å². The first-order valence-corrected chi connectivity index (χ1v) is 12.7. The van der Waals surface area contributed by atoms with E-state index in [-0.39, 0.29) is 23.9 Å². The Balaban J connectivity index is 1.95. The van der Waals surface area contributed by atoms with Gasteiger partial charge in [0.05, 0.1) is 5.60 Å². The van der Waals surface area contributed by atoms with E-state index in [0.717, 1.165) is 12.8 Å². The Hall–Kier alpha value is -2.04. The first-order chi connectivity index (χ1) is 15.7. The fourth-order valence-corrected chi connectivity index (χ4v) is 5.49. The molecule has 2 aromatic rings. The average molecular weight is 452 g/mol. The minimum Gasteiger partial charge on any atom is -0.389 e. The third-order valence-corrected chi connectivity index (χ3v) is 7.90. The highest BCUT2D eigenvalue weighted by atomic mass is 16.3. The van der Waals surface area contributed by atoms with Crippen LogP contribution in [0.2, 0.25) is 0 Å². The zero-order chi connectivity index (χ0) is 24.2. The standard InChI is InChI=1S/C29H45N3O/c1-8-9-10-11-20-29(33)21(2)27(23-12-16-25(17-13-23)31(4)5)30-28(22(29)3)24-14-18-26(19-15-24)32(6)7/h12-19,21-22,27-28,30,33H,8-11,20H2,1-7H3. The van der Waals surface area contributed by atoms with Crippen molar-refractivity contribution < 1.29 is 5.11 Å². The number of aliphatic hydroxyl groups is 1. The maximum absolute atomic E-state index is 12.2. The molecule has 1 aliphatic rings. The molecular formula is C29H45N3O. The maximum Gasteiger partial charge on any atom is 0.0734 e. The Bertz CT molecular complexity index is 796. The lowest BCUT2D eigenvalue weighted by molar-refractivity contribution is -0.117. The van der Waals surface area contributed by atoms with E-state index >= 15 is 0 Å². The summed E-state index contributed by atoms with van der Waals surface area (Å²) >= 11 is 0. The Morgan fingerprint density at radius 2 is 1.15 bits per heavy atom. The van der Waals surface area contributed by atoms with Crippen LogP contribution in [0.3, 0.4) is 0 Å². The summed E-state index contributed by atoms with van der Waals surface area (Å²) in [7, 11) is 8.28. The lowest BCUT2D eigenvalue weighted by Gasteiger charge is -2.52. The van der Waals surface area contributed by atoms with E-state index in [1.165, 1.54) is 41.8 Å². The Labute approximate surface area is 202 Å². The maximum atomic E-state index is 12.2. The highest BCUT2D eigenvalue weighted by Crippen LogP contribution is 2.49. The second-order valence-corrected chi connectivity index (χ2v) is 10.5. The highest BCUT2D eigenvalue weighted by Gasteiger charge is 2.50. The number of hydrogen-bond donors (Lipinski definition) is 2. The predicted octanol–water partition coefficient (Wildman–Crippen LogP) is 6.18. The normalized spacial score (nSPS) is 27.4. The van der Waals surface area contributed by atoms with Crippen LogP contribution in [-0.2, 0) is 0 Å². The van der Waals surface area contributed by atoms with Gasteiger partial charge in [0, 0.05) is 63.5 Å². The van der Waals surface area contributed by atoms with Gasteiger partial charge in [-0.05, 0) is 41.8 Å². The molecule has 1 saturated heterocycles. The number of nitrogens with one attached hydrogen (secondary N) is 1. The van der Waals surface area contributed by atoms with E-state index in [0.29, 0.717) is 0 Å². The number of anilines is 2. The molecule has 1 aliphatic heterocycles. The third kappa shape index (κ3) is 5.55. The molecular weight excluding hydrogens is 406 g/mol. The van der Waals surface area contributed by atoms with Gasteiger partial charge in [0.1, 0.15) is 0 Å². The van der Waals surface area contributed by atoms with E-state index in [4.69, 9.17) is 0 Å². The number of piperidine rings is 1. The summed E-state index contributed by atoms with van der Waals surface area (Å²) in [4.78, 5) is 4.26. The van der Waals surface area contributed by atoms with Gasteiger partial charge in [-0.3, -0.25) is 0 Å². The van der Waals surface area contributed by atoms with Crippen LogP contribution in [0.15, 0.2) is 48.5 Å². The molecule has 182 valence electrons. The Morgan fingerprint density at radius 3 is 1.52 bits per heavy atom. The van der Waals surface area contributed by atoms with Crippen LogP contribution in [0.1, 0.15) is 76.1 Å². The molecule has 0 saturated carbocycles. The van der Waals surface area contributed by atoms with Crippen LogP contribution >= 0.6 is 0 Å². The molecule has 0 aliphatic carbocycles. The van der Waals surface area contributed by atoms with Crippen LogP contribution < -0.4 is 15.1 Å². The summed E-state index contributed by atoms with van der Waals surface area (Å²) < 4.78 is 0. The molecule has 3 rings (SSSR count). The molecule has 4 heteroatoms. The van der Waals surface area contributed by atoms with E-state index < -0.39 is 5.60 Å². The summed E-state index contributed by atoms with van der Waals surface area (Å²) in [6.45, 7) is 6.71. The van der Waals surface area contributed by atoms with Gasteiger partial charge in [-0.2, -0.15) is 0 Å². The van der Waals surface area contributed by atoms with Crippen molar-refractivity contribution in [1.82, 2.24) is 5.32 Å². The van der Waals surface area contributed by atoms with Crippen LogP contribution in [0.25, 0.3) is 0 Å². The molecule has 4 unspecified atom stereocenters. The lowest BCUT2D eigenvalue weighted by Crippen LogP contribution is -2.57. The van der Waals surface area contributed by atoms with Crippen molar-refractivity contribution in [1.29, 1.82) is 0 Å². The van der Waals surface area contributed by atoms with Gasteiger partial charge in [-0.25, -0.2) is 0 Å². The Morgan fingerprint density at radius 1 is 0.727 bits per heavy atom. The summed E-state index contributed by atoms with van der Waals surface area (Å²) in [6.07, 6.45) is 5.58. The number of benzene rings is 2.